The van der Waals surface area contributed by atoms with Gasteiger partial charge in [-0.05, 0) is 22.5 Å². The molecule has 1 aromatic heterocycles. The van der Waals surface area contributed by atoms with Gasteiger partial charge < -0.3 is 11.1 Å². The first-order valence-corrected chi connectivity index (χ1v) is 5.13. The van der Waals surface area contributed by atoms with Crippen molar-refractivity contribution in [2.45, 2.75) is 19.5 Å². The molecular weight excluding hydrogens is 248 g/mol. The molecule has 3 N–H and O–H groups in total. The number of rotatable bonds is 5. The van der Waals surface area contributed by atoms with E-state index in [4.69, 9.17) is 5.73 Å². The maximum absolute atomic E-state index is 11.0. The predicted molar refractivity (Wildman–Crippen MR) is 56.6 cm³/mol. The van der Waals surface area contributed by atoms with Crippen LogP contribution < -0.4 is 11.1 Å². The van der Waals surface area contributed by atoms with Crippen molar-refractivity contribution in [1.29, 1.82) is 0 Å². The molecule has 0 radical (unpaired) electrons. The Morgan fingerprint density at radius 2 is 2.57 bits per heavy atom. The Morgan fingerprint density at radius 3 is 3.00 bits per heavy atom. The van der Waals surface area contributed by atoms with Gasteiger partial charge in [-0.1, -0.05) is 6.92 Å². The molecule has 0 saturated carbocycles. The molecule has 1 rings (SSSR count). The molecule has 78 valence electrons. The smallest absolute Gasteiger partial charge is 0.236 e. The largest absolute Gasteiger partial charge is 0.368 e. The van der Waals surface area contributed by atoms with E-state index in [2.05, 4.69) is 26.3 Å². The molecule has 0 bridgehead atoms. The van der Waals surface area contributed by atoms with Gasteiger partial charge in [0, 0.05) is 6.20 Å². The minimum Gasteiger partial charge on any atom is -0.368 e. The summed E-state index contributed by atoms with van der Waals surface area (Å²) in [7, 11) is 0. The summed E-state index contributed by atoms with van der Waals surface area (Å²) in [5, 5.41) is 7.03. The van der Waals surface area contributed by atoms with Gasteiger partial charge in [0.15, 0.2) is 0 Å². The highest BCUT2D eigenvalue weighted by atomic mass is 79.9. The maximum atomic E-state index is 11.0. The molecule has 6 heteroatoms. The SMILES string of the molecule is CCNC(Cn1cc(Br)cn1)C(N)=O. The molecule has 1 aromatic rings. The number of hydrogen-bond donors (Lipinski definition) is 2. The predicted octanol–water partition coefficient (Wildman–Crippen LogP) is 0.109. The van der Waals surface area contributed by atoms with Crippen molar-refractivity contribution in [3.05, 3.63) is 16.9 Å². The number of nitrogens with zero attached hydrogens (tertiary/aromatic N) is 2. The van der Waals surface area contributed by atoms with Gasteiger partial charge in [-0.3, -0.25) is 9.48 Å². The number of halogens is 1. The second-order valence-corrected chi connectivity index (χ2v) is 3.81. The minimum atomic E-state index is -0.369. The summed E-state index contributed by atoms with van der Waals surface area (Å²) in [4.78, 5) is 11.0. The summed E-state index contributed by atoms with van der Waals surface area (Å²) in [6.07, 6.45) is 3.47. The van der Waals surface area contributed by atoms with Crippen LogP contribution in [0, 0.1) is 0 Å². The lowest BCUT2D eigenvalue weighted by molar-refractivity contribution is -0.120. The first-order valence-electron chi connectivity index (χ1n) is 4.34. The Morgan fingerprint density at radius 1 is 1.86 bits per heavy atom. The summed E-state index contributed by atoms with van der Waals surface area (Å²) in [5.41, 5.74) is 5.22. The van der Waals surface area contributed by atoms with Crippen molar-refractivity contribution in [2.75, 3.05) is 6.54 Å². The van der Waals surface area contributed by atoms with E-state index in [0.29, 0.717) is 13.1 Å². The molecule has 1 atom stereocenters. The third kappa shape index (κ3) is 3.12. The van der Waals surface area contributed by atoms with Gasteiger partial charge in [0.05, 0.1) is 17.2 Å². The topological polar surface area (TPSA) is 72.9 Å². The molecule has 0 aliphatic rings. The number of amides is 1. The van der Waals surface area contributed by atoms with Gasteiger partial charge >= 0.3 is 0 Å². The van der Waals surface area contributed by atoms with E-state index in [-0.39, 0.29) is 11.9 Å². The van der Waals surface area contributed by atoms with Gasteiger partial charge in [0.2, 0.25) is 5.91 Å². The van der Waals surface area contributed by atoms with Crippen molar-refractivity contribution < 1.29 is 4.79 Å². The summed E-state index contributed by atoms with van der Waals surface area (Å²) in [6, 6.07) is -0.369. The molecule has 1 heterocycles. The Kier molecular flexibility index (Phi) is 4.09. The van der Waals surface area contributed by atoms with E-state index >= 15 is 0 Å². The third-order valence-corrected chi connectivity index (χ3v) is 2.17. The van der Waals surface area contributed by atoms with E-state index in [9.17, 15) is 4.79 Å². The van der Waals surface area contributed by atoms with Gasteiger partial charge in [0.1, 0.15) is 6.04 Å². The molecule has 0 aliphatic carbocycles. The van der Waals surface area contributed by atoms with Crippen LogP contribution in [0.15, 0.2) is 16.9 Å². The standard InChI is InChI=1S/C8H13BrN4O/c1-2-11-7(8(10)14)5-13-4-6(9)3-12-13/h3-4,7,11H,2,5H2,1H3,(H2,10,14). The fraction of sp³-hybridized carbons (Fsp3) is 0.500. The number of likely N-dealkylation sites (N-methyl/N-ethyl adjacent to an activating group) is 1. The number of nitrogens with one attached hydrogen (secondary N) is 1. The molecule has 0 aliphatic heterocycles. The third-order valence-electron chi connectivity index (χ3n) is 1.77. The molecule has 1 amide bonds. The molecule has 0 saturated heterocycles. The Hall–Kier alpha value is -0.880. The Bertz CT molecular complexity index is 312. The quantitative estimate of drug-likeness (QED) is 0.790. The molecule has 1 unspecified atom stereocenters. The van der Waals surface area contributed by atoms with Crippen molar-refractivity contribution in [3.63, 3.8) is 0 Å². The summed E-state index contributed by atoms with van der Waals surface area (Å²) < 4.78 is 2.56. The van der Waals surface area contributed by atoms with Crippen molar-refractivity contribution in [1.82, 2.24) is 15.1 Å². The highest BCUT2D eigenvalue weighted by molar-refractivity contribution is 9.10. The molecular formula is C8H13BrN4O. The fourth-order valence-electron chi connectivity index (χ4n) is 1.13. The molecule has 0 fully saturated rings. The Labute approximate surface area is 90.8 Å². The monoisotopic (exact) mass is 260 g/mol. The zero-order valence-corrected chi connectivity index (χ0v) is 9.49. The maximum Gasteiger partial charge on any atom is 0.236 e. The second-order valence-electron chi connectivity index (χ2n) is 2.89. The lowest BCUT2D eigenvalue weighted by Crippen LogP contribution is -2.44. The average Bonchev–Trinajstić information content (AvgIpc) is 2.50. The van der Waals surface area contributed by atoms with Crippen LogP contribution in [0.1, 0.15) is 6.92 Å². The summed E-state index contributed by atoms with van der Waals surface area (Å²) in [6.45, 7) is 3.08. The van der Waals surface area contributed by atoms with Crippen LogP contribution in [0.5, 0.6) is 0 Å². The molecule has 0 aromatic carbocycles. The average molecular weight is 261 g/mol. The van der Waals surface area contributed by atoms with Gasteiger partial charge in [0.25, 0.3) is 0 Å². The summed E-state index contributed by atoms with van der Waals surface area (Å²) >= 11 is 3.28. The Balaban J connectivity index is 2.59. The number of primary amides is 1. The minimum absolute atomic E-state index is 0.363. The van der Waals surface area contributed by atoms with Crippen molar-refractivity contribution in [2.24, 2.45) is 5.73 Å². The van der Waals surface area contributed by atoms with Crippen LogP contribution in [0.3, 0.4) is 0 Å². The number of carbonyl (C=O) groups is 1. The highest BCUT2D eigenvalue weighted by Gasteiger charge is 2.14. The molecule has 14 heavy (non-hydrogen) atoms. The van der Waals surface area contributed by atoms with Crippen LogP contribution in [0.25, 0.3) is 0 Å². The first kappa shape index (κ1) is 11.2. The lowest BCUT2D eigenvalue weighted by atomic mass is 10.3. The van der Waals surface area contributed by atoms with Crippen molar-refractivity contribution >= 4 is 21.8 Å². The fourth-order valence-corrected chi connectivity index (χ4v) is 1.45. The zero-order valence-electron chi connectivity index (χ0n) is 7.90. The van der Waals surface area contributed by atoms with Crippen LogP contribution in [-0.2, 0) is 11.3 Å². The van der Waals surface area contributed by atoms with E-state index in [1.165, 1.54) is 0 Å². The second kappa shape index (κ2) is 5.11. The highest BCUT2D eigenvalue weighted by Crippen LogP contribution is 2.06. The van der Waals surface area contributed by atoms with E-state index in [1.54, 1.807) is 17.1 Å². The van der Waals surface area contributed by atoms with Crippen LogP contribution in [0.4, 0.5) is 0 Å². The van der Waals surface area contributed by atoms with Gasteiger partial charge in [-0.25, -0.2) is 0 Å². The normalized spacial score (nSPS) is 12.7. The number of nitrogens with two attached hydrogens (primary N) is 1. The van der Waals surface area contributed by atoms with Crippen LogP contribution in [-0.4, -0.2) is 28.3 Å². The van der Waals surface area contributed by atoms with E-state index in [0.717, 1.165) is 4.47 Å². The zero-order chi connectivity index (χ0) is 10.6. The molecule has 5 nitrogen and oxygen atoms in total. The van der Waals surface area contributed by atoms with Gasteiger partial charge in [-0.2, -0.15) is 5.10 Å². The van der Waals surface area contributed by atoms with Crippen LogP contribution >= 0.6 is 15.9 Å². The lowest BCUT2D eigenvalue weighted by Gasteiger charge is -2.13. The van der Waals surface area contributed by atoms with Gasteiger partial charge in [-0.15, -0.1) is 0 Å². The van der Waals surface area contributed by atoms with Crippen molar-refractivity contribution in [3.8, 4) is 0 Å². The first-order chi connectivity index (χ1) is 6.63. The number of aromatic nitrogens is 2. The molecule has 0 spiro atoms. The summed E-state index contributed by atoms with van der Waals surface area (Å²) in [5.74, 6) is -0.363. The number of hydrogen-bond acceptors (Lipinski definition) is 3. The van der Waals surface area contributed by atoms with E-state index in [1.807, 2.05) is 6.92 Å². The number of carbonyl (C=O) groups excluding carboxylic acids is 1. The van der Waals surface area contributed by atoms with Crippen LogP contribution in [0.2, 0.25) is 0 Å². The van der Waals surface area contributed by atoms with E-state index < -0.39 is 0 Å².